The SMILES string of the molecule is Cc1[nH]nc(CN)c1S(=O)(=O)N(C)Cc1cccc(Cl)c1. The minimum absolute atomic E-state index is 0.0594. The number of nitrogens with two attached hydrogens (primary N) is 1. The maximum atomic E-state index is 12.7. The van der Waals surface area contributed by atoms with Crippen LogP contribution in [0.2, 0.25) is 5.02 Å². The van der Waals surface area contributed by atoms with E-state index in [4.69, 9.17) is 17.3 Å². The number of H-pyrrole nitrogens is 1. The van der Waals surface area contributed by atoms with E-state index in [1.54, 1.807) is 25.1 Å². The van der Waals surface area contributed by atoms with E-state index in [0.717, 1.165) is 5.56 Å². The standard InChI is InChI=1S/C13H17ClN4O2S/c1-9-13(12(7-15)17-16-9)21(19,20)18(2)8-10-4-3-5-11(14)6-10/h3-6H,7-8,15H2,1-2H3,(H,16,17). The molecule has 0 bridgehead atoms. The van der Waals surface area contributed by atoms with Gasteiger partial charge in [0, 0.05) is 25.2 Å². The van der Waals surface area contributed by atoms with Gasteiger partial charge in [-0.2, -0.15) is 9.40 Å². The number of hydrogen-bond donors (Lipinski definition) is 2. The number of aryl methyl sites for hydroxylation is 1. The van der Waals surface area contributed by atoms with Crippen molar-refractivity contribution in [1.29, 1.82) is 0 Å². The molecule has 0 atom stereocenters. The van der Waals surface area contributed by atoms with E-state index in [2.05, 4.69) is 10.2 Å². The molecule has 0 radical (unpaired) electrons. The fourth-order valence-electron chi connectivity index (χ4n) is 2.08. The van der Waals surface area contributed by atoms with Crippen LogP contribution in [0.3, 0.4) is 0 Å². The molecule has 0 unspecified atom stereocenters. The van der Waals surface area contributed by atoms with Gasteiger partial charge < -0.3 is 5.73 Å². The number of benzene rings is 1. The molecule has 0 saturated carbocycles. The summed E-state index contributed by atoms with van der Waals surface area (Å²) in [5.74, 6) is 0. The number of aromatic nitrogens is 2. The van der Waals surface area contributed by atoms with Crippen molar-refractivity contribution in [1.82, 2.24) is 14.5 Å². The van der Waals surface area contributed by atoms with Crippen LogP contribution in [-0.2, 0) is 23.1 Å². The molecule has 6 nitrogen and oxygen atoms in total. The second-order valence-corrected chi connectivity index (χ2v) is 7.14. The van der Waals surface area contributed by atoms with Gasteiger partial charge in [-0.1, -0.05) is 23.7 Å². The number of hydrogen-bond acceptors (Lipinski definition) is 4. The first kappa shape index (κ1) is 16.0. The average molecular weight is 329 g/mol. The second kappa shape index (κ2) is 6.15. The van der Waals surface area contributed by atoms with Crippen molar-refractivity contribution in [3.8, 4) is 0 Å². The molecule has 1 heterocycles. The zero-order valence-corrected chi connectivity index (χ0v) is 13.4. The topological polar surface area (TPSA) is 92.1 Å². The lowest BCUT2D eigenvalue weighted by Gasteiger charge is -2.17. The van der Waals surface area contributed by atoms with Crippen molar-refractivity contribution in [2.75, 3.05) is 7.05 Å². The number of rotatable bonds is 5. The summed E-state index contributed by atoms with van der Waals surface area (Å²) in [6.07, 6.45) is 0. The Morgan fingerprint density at radius 3 is 2.76 bits per heavy atom. The first-order valence-electron chi connectivity index (χ1n) is 6.31. The Hall–Kier alpha value is -1.41. The smallest absolute Gasteiger partial charge is 0.246 e. The summed E-state index contributed by atoms with van der Waals surface area (Å²) in [5, 5.41) is 7.16. The third-order valence-electron chi connectivity index (χ3n) is 3.12. The Bertz CT molecular complexity index is 742. The van der Waals surface area contributed by atoms with Gasteiger partial charge in [0.1, 0.15) is 4.90 Å². The largest absolute Gasteiger partial charge is 0.325 e. The minimum Gasteiger partial charge on any atom is -0.325 e. The molecule has 0 aliphatic heterocycles. The van der Waals surface area contributed by atoms with Crippen molar-refractivity contribution in [2.45, 2.75) is 24.9 Å². The van der Waals surface area contributed by atoms with Crippen LogP contribution in [0.15, 0.2) is 29.2 Å². The fourth-order valence-corrected chi connectivity index (χ4v) is 3.79. The lowest BCUT2D eigenvalue weighted by atomic mass is 10.2. The van der Waals surface area contributed by atoms with Crippen LogP contribution >= 0.6 is 11.6 Å². The number of nitrogens with one attached hydrogen (secondary N) is 1. The Kier molecular flexibility index (Phi) is 4.67. The Balaban J connectivity index is 2.33. The molecular weight excluding hydrogens is 312 g/mol. The zero-order chi connectivity index (χ0) is 15.6. The van der Waals surface area contributed by atoms with Crippen molar-refractivity contribution >= 4 is 21.6 Å². The summed E-state index contributed by atoms with van der Waals surface area (Å²) in [6.45, 7) is 1.94. The highest BCUT2D eigenvalue weighted by Gasteiger charge is 2.28. The van der Waals surface area contributed by atoms with Crippen molar-refractivity contribution < 1.29 is 8.42 Å². The van der Waals surface area contributed by atoms with Crippen molar-refractivity contribution in [3.63, 3.8) is 0 Å². The van der Waals surface area contributed by atoms with Crippen LogP contribution in [0.25, 0.3) is 0 Å². The van der Waals surface area contributed by atoms with Gasteiger partial charge in [0.05, 0.1) is 11.4 Å². The number of nitrogens with zero attached hydrogens (tertiary/aromatic N) is 2. The van der Waals surface area contributed by atoms with Gasteiger partial charge >= 0.3 is 0 Å². The van der Waals surface area contributed by atoms with E-state index in [0.29, 0.717) is 16.4 Å². The van der Waals surface area contributed by atoms with E-state index in [9.17, 15) is 8.42 Å². The predicted molar refractivity (Wildman–Crippen MR) is 81.3 cm³/mol. The molecule has 2 rings (SSSR count). The summed E-state index contributed by atoms with van der Waals surface area (Å²) in [6, 6.07) is 7.09. The average Bonchev–Trinajstić information content (AvgIpc) is 2.80. The first-order valence-corrected chi connectivity index (χ1v) is 8.12. The summed E-state index contributed by atoms with van der Waals surface area (Å²) >= 11 is 5.92. The molecule has 0 fully saturated rings. The lowest BCUT2D eigenvalue weighted by molar-refractivity contribution is 0.465. The fraction of sp³-hybridized carbons (Fsp3) is 0.308. The van der Waals surface area contributed by atoms with Gasteiger partial charge in [0.25, 0.3) is 0 Å². The van der Waals surface area contributed by atoms with Gasteiger partial charge in [0.2, 0.25) is 10.0 Å². The van der Waals surface area contributed by atoms with Crippen LogP contribution in [0.4, 0.5) is 0 Å². The molecule has 8 heteroatoms. The van der Waals surface area contributed by atoms with Gasteiger partial charge in [-0.15, -0.1) is 0 Å². The Labute approximate surface area is 129 Å². The summed E-state index contributed by atoms with van der Waals surface area (Å²) in [7, 11) is -2.15. The zero-order valence-electron chi connectivity index (χ0n) is 11.8. The highest BCUT2D eigenvalue weighted by atomic mass is 35.5. The molecular formula is C13H17ClN4O2S. The van der Waals surface area contributed by atoms with Gasteiger partial charge in [-0.25, -0.2) is 8.42 Å². The number of sulfonamides is 1. The maximum Gasteiger partial charge on any atom is 0.246 e. The molecule has 21 heavy (non-hydrogen) atoms. The maximum absolute atomic E-state index is 12.7. The Morgan fingerprint density at radius 2 is 2.14 bits per heavy atom. The first-order chi connectivity index (χ1) is 9.86. The summed E-state index contributed by atoms with van der Waals surface area (Å²) in [5.41, 5.74) is 7.18. The Morgan fingerprint density at radius 1 is 1.43 bits per heavy atom. The van der Waals surface area contributed by atoms with E-state index < -0.39 is 10.0 Å². The van der Waals surface area contributed by atoms with Gasteiger partial charge in [-0.3, -0.25) is 5.10 Å². The molecule has 1 aromatic heterocycles. The van der Waals surface area contributed by atoms with E-state index in [-0.39, 0.29) is 18.0 Å². The van der Waals surface area contributed by atoms with Crippen LogP contribution in [0, 0.1) is 6.92 Å². The minimum atomic E-state index is -3.66. The molecule has 0 spiro atoms. The predicted octanol–water partition coefficient (Wildman–Crippen LogP) is 1.65. The van der Waals surface area contributed by atoms with E-state index in [1.165, 1.54) is 11.4 Å². The molecule has 3 N–H and O–H groups in total. The molecule has 0 aliphatic carbocycles. The third-order valence-corrected chi connectivity index (χ3v) is 5.36. The quantitative estimate of drug-likeness (QED) is 0.873. The highest BCUT2D eigenvalue weighted by Crippen LogP contribution is 2.23. The van der Waals surface area contributed by atoms with Crippen LogP contribution < -0.4 is 5.73 Å². The molecule has 0 saturated heterocycles. The highest BCUT2D eigenvalue weighted by molar-refractivity contribution is 7.89. The molecule has 0 aliphatic rings. The van der Waals surface area contributed by atoms with E-state index in [1.807, 2.05) is 6.07 Å². The number of halogens is 1. The van der Waals surface area contributed by atoms with Crippen LogP contribution in [0.5, 0.6) is 0 Å². The molecule has 1 aromatic carbocycles. The third kappa shape index (κ3) is 3.26. The summed E-state index contributed by atoms with van der Waals surface area (Å²) < 4.78 is 26.6. The van der Waals surface area contributed by atoms with E-state index >= 15 is 0 Å². The van der Waals surface area contributed by atoms with Crippen LogP contribution in [-0.4, -0.2) is 30.0 Å². The molecule has 2 aromatic rings. The van der Waals surface area contributed by atoms with Gasteiger partial charge in [-0.05, 0) is 24.6 Å². The van der Waals surface area contributed by atoms with Crippen LogP contribution in [0.1, 0.15) is 17.0 Å². The van der Waals surface area contributed by atoms with Crippen molar-refractivity contribution in [3.05, 3.63) is 46.2 Å². The lowest BCUT2D eigenvalue weighted by Crippen LogP contribution is -2.28. The monoisotopic (exact) mass is 328 g/mol. The summed E-state index contributed by atoms with van der Waals surface area (Å²) in [4.78, 5) is 0.148. The second-order valence-electron chi connectivity index (χ2n) is 4.72. The van der Waals surface area contributed by atoms with Crippen molar-refractivity contribution in [2.24, 2.45) is 5.73 Å². The van der Waals surface area contributed by atoms with Gasteiger partial charge in [0.15, 0.2) is 0 Å². The molecule has 0 amide bonds. The molecule has 114 valence electrons. The number of aromatic amines is 1. The normalized spacial score (nSPS) is 12.0.